The summed E-state index contributed by atoms with van der Waals surface area (Å²) < 4.78 is 13.9. The quantitative estimate of drug-likeness (QED) is 0.853. The number of fused-ring (bicyclic) bond motifs is 1. The Labute approximate surface area is 156 Å². The van der Waals surface area contributed by atoms with Gasteiger partial charge in [-0.25, -0.2) is 14.2 Å². The van der Waals surface area contributed by atoms with Gasteiger partial charge in [-0.15, -0.1) is 11.3 Å². The van der Waals surface area contributed by atoms with Gasteiger partial charge in [0.15, 0.2) is 5.13 Å². The monoisotopic (exact) mass is 374 g/mol. The number of rotatable bonds is 4. The molecule has 0 bridgehead atoms. The molecule has 2 N–H and O–H groups in total. The van der Waals surface area contributed by atoms with E-state index in [0.717, 1.165) is 48.5 Å². The number of halogens is 1. The first kappa shape index (κ1) is 17.4. The van der Waals surface area contributed by atoms with E-state index in [4.69, 9.17) is 0 Å². The summed E-state index contributed by atoms with van der Waals surface area (Å²) >= 11 is 1.52. The van der Waals surface area contributed by atoms with Gasteiger partial charge >= 0.3 is 6.03 Å². The number of carbonyl (C=O) groups excluding carboxylic acids is 1. The van der Waals surface area contributed by atoms with Crippen molar-refractivity contribution in [3.05, 3.63) is 46.2 Å². The Morgan fingerprint density at radius 1 is 1.31 bits per heavy atom. The summed E-state index contributed by atoms with van der Waals surface area (Å²) in [6.45, 7) is 2.18. The van der Waals surface area contributed by atoms with E-state index in [1.807, 2.05) is 12.1 Å². The highest BCUT2D eigenvalue weighted by molar-refractivity contribution is 7.15. The average molecular weight is 374 g/mol. The first-order chi connectivity index (χ1) is 12.7. The van der Waals surface area contributed by atoms with E-state index < -0.39 is 0 Å². The number of hydrogen-bond donors (Lipinski definition) is 2. The maximum Gasteiger partial charge on any atom is 0.321 e. The summed E-state index contributed by atoms with van der Waals surface area (Å²) in [5.74, 6) is -0.159. The topological polar surface area (TPSA) is 57.3 Å². The summed E-state index contributed by atoms with van der Waals surface area (Å²) in [5.41, 5.74) is 1.77. The van der Waals surface area contributed by atoms with Crippen LogP contribution < -0.4 is 10.6 Å². The number of thiazole rings is 1. The zero-order chi connectivity index (χ0) is 17.9. The lowest BCUT2D eigenvalue weighted by Crippen LogP contribution is -2.36. The van der Waals surface area contributed by atoms with Gasteiger partial charge in [0.1, 0.15) is 5.82 Å². The predicted octanol–water partition coefficient (Wildman–Crippen LogP) is 3.90. The molecule has 138 valence electrons. The molecular weight excluding hydrogens is 351 g/mol. The zero-order valence-corrected chi connectivity index (χ0v) is 15.4. The Kier molecular flexibility index (Phi) is 5.17. The summed E-state index contributed by atoms with van der Waals surface area (Å²) in [7, 11) is 0. The van der Waals surface area contributed by atoms with Crippen molar-refractivity contribution in [2.75, 3.05) is 11.9 Å². The van der Waals surface area contributed by atoms with Crippen molar-refractivity contribution in [2.45, 2.75) is 51.2 Å². The van der Waals surface area contributed by atoms with E-state index in [1.54, 1.807) is 6.07 Å². The normalized spacial score (nSPS) is 17.9. The molecule has 0 radical (unpaired) electrons. The van der Waals surface area contributed by atoms with Crippen LogP contribution in [-0.2, 0) is 19.5 Å². The fourth-order valence-corrected chi connectivity index (χ4v) is 4.74. The summed E-state index contributed by atoms with van der Waals surface area (Å²) in [6, 6.07) is 7.04. The maximum atomic E-state index is 13.9. The third-order valence-electron chi connectivity index (χ3n) is 5.07. The largest absolute Gasteiger partial charge is 0.335 e. The van der Waals surface area contributed by atoms with Crippen LogP contribution in [0.3, 0.4) is 0 Å². The van der Waals surface area contributed by atoms with Gasteiger partial charge in [0, 0.05) is 42.5 Å². The summed E-state index contributed by atoms with van der Waals surface area (Å²) in [5, 5.41) is 6.55. The van der Waals surface area contributed by atoms with Gasteiger partial charge in [-0.3, -0.25) is 10.2 Å². The molecule has 0 atom stereocenters. The van der Waals surface area contributed by atoms with Crippen molar-refractivity contribution in [2.24, 2.45) is 0 Å². The van der Waals surface area contributed by atoms with E-state index in [2.05, 4.69) is 20.5 Å². The molecule has 1 aliphatic carbocycles. The van der Waals surface area contributed by atoms with Gasteiger partial charge in [0.25, 0.3) is 0 Å². The van der Waals surface area contributed by atoms with Gasteiger partial charge < -0.3 is 5.32 Å². The second-order valence-corrected chi connectivity index (χ2v) is 8.10. The fraction of sp³-hybridized carbons (Fsp3) is 0.474. The lowest BCUT2D eigenvalue weighted by molar-refractivity contribution is 0.243. The Balaban J connectivity index is 1.36. The molecule has 1 aromatic heterocycles. The van der Waals surface area contributed by atoms with Gasteiger partial charge in [-0.2, -0.15) is 0 Å². The van der Waals surface area contributed by atoms with Crippen LogP contribution in [0.5, 0.6) is 0 Å². The Morgan fingerprint density at radius 3 is 2.92 bits per heavy atom. The molecule has 0 spiro atoms. The van der Waals surface area contributed by atoms with Crippen molar-refractivity contribution in [3.63, 3.8) is 0 Å². The van der Waals surface area contributed by atoms with Crippen molar-refractivity contribution in [3.8, 4) is 0 Å². The summed E-state index contributed by atoms with van der Waals surface area (Å²) in [6.07, 6.45) is 5.33. The van der Waals surface area contributed by atoms with Crippen LogP contribution in [0.15, 0.2) is 24.3 Å². The van der Waals surface area contributed by atoms with Crippen LogP contribution in [0.25, 0.3) is 0 Å². The Bertz CT molecular complexity index is 788. The molecule has 2 heterocycles. The smallest absolute Gasteiger partial charge is 0.321 e. The first-order valence-electron chi connectivity index (χ1n) is 9.19. The number of anilines is 1. The third-order valence-corrected chi connectivity index (χ3v) is 6.07. The molecule has 7 heteroatoms. The van der Waals surface area contributed by atoms with Crippen LogP contribution in [-0.4, -0.2) is 28.5 Å². The van der Waals surface area contributed by atoms with Gasteiger partial charge in [-0.1, -0.05) is 31.0 Å². The number of nitrogens with one attached hydrogen (secondary N) is 2. The highest BCUT2D eigenvalue weighted by Gasteiger charge is 2.23. The van der Waals surface area contributed by atoms with Crippen molar-refractivity contribution in [1.29, 1.82) is 0 Å². The van der Waals surface area contributed by atoms with E-state index in [-0.39, 0.29) is 11.8 Å². The number of urea groups is 1. The zero-order valence-electron chi connectivity index (χ0n) is 14.6. The van der Waals surface area contributed by atoms with Crippen LogP contribution in [0.4, 0.5) is 14.3 Å². The number of carbonyl (C=O) groups is 1. The van der Waals surface area contributed by atoms with E-state index in [0.29, 0.717) is 17.7 Å². The van der Waals surface area contributed by atoms with Gasteiger partial charge in [-0.05, 0) is 18.9 Å². The maximum absolute atomic E-state index is 13.9. The molecule has 2 amide bonds. The fourth-order valence-electron chi connectivity index (χ4n) is 3.69. The molecule has 0 saturated heterocycles. The molecule has 5 nitrogen and oxygen atoms in total. The lowest BCUT2D eigenvalue weighted by Gasteiger charge is -2.25. The Morgan fingerprint density at radius 2 is 2.12 bits per heavy atom. The molecule has 2 aliphatic rings. The highest BCUT2D eigenvalue weighted by atomic mass is 32.1. The van der Waals surface area contributed by atoms with Crippen LogP contribution in [0.2, 0.25) is 0 Å². The minimum Gasteiger partial charge on any atom is -0.335 e. The molecule has 1 saturated carbocycles. The number of aromatic nitrogens is 1. The number of benzene rings is 1. The van der Waals surface area contributed by atoms with Crippen molar-refractivity contribution >= 4 is 22.5 Å². The third kappa shape index (κ3) is 4.04. The first-order valence-corrected chi connectivity index (χ1v) is 10.0. The van der Waals surface area contributed by atoms with Crippen LogP contribution in [0, 0.1) is 5.82 Å². The molecule has 4 rings (SSSR count). The van der Waals surface area contributed by atoms with E-state index >= 15 is 0 Å². The molecule has 1 aliphatic heterocycles. The second-order valence-electron chi connectivity index (χ2n) is 7.02. The van der Waals surface area contributed by atoms with E-state index in [1.165, 1.54) is 30.2 Å². The van der Waals surface area contributed by atoms with E-state index in [9.17, 15) is 9.18 Å². The van der Waals surface area contributed by atoms with Crippen molar-refractivity contribution in [1.82, 2.24) is 15.2 Å². The van der Waals surface area contributed by atoms with Crippen LogP contribution >= 0.6 is 11.3 Å². The minimum atomic E-state index is -0.161. The van der Waals surface area contributed by atoms with Gasteiger partial charge in [0.2, 0.25) is 0 Å². The average Bonchev–Trinajstić information content (AvgIpc) is 3.25. The number of nitrogens with zero attached hydrogens (tertiary/aromatic N) is 2. The number of amides is 2. The minimum absolute atomic E-state index is 0.159. The summed E-state index contributed by atoms with van der Waals surface area (Å²) in [4.78, 5) is 20.1. The van der Waals surface area contributed by atoms with Crippen molar-refractivity contribution < 1.29 is 9.18 Å². The molecule has 1 aromatic carbocycles. The SMILES string of the molecule is O=C(Nc1nc2c(s1)CN(Cc1ccccc1F)CC2)NC1CCCC1. The second kappa shape index (κ2) is 7.72. The predicted molar refractivity (Wildman–Crippen MR) is 101 cm³/mol. The number of hydrogen-bond acceptors (Lipinski definition) is 4. The van der Waals surface area contributed by atoms with Gasteiger partial charge in [0.05, 0.1) is 5.69 Å². The standard InChI is InChI=1S/C19H23FN4OS/c20-15-8-4-1-5-13(15)11-24-10-9-16-17(12-24)26-19(22-16)23-18(25)21-14-6-2-3-7-14/h1,4-5,8,14H,2-3,6-7,9-12H2,(H2,21,22,23,25). The highest BCUT2D eigenvalue weighted by Crippen LogP contribution is 2.29. The molecule has 0 unspecified atom stereocenters. The molecule has 1 fully saturated rings. The van der Waals surface area contributed by atoms with Crippen LogP contribution in [0.1, 0.15) is 41.8 Å². The molecule has 26 heavy (non-hydrogen) atoms. The lowest BCUT2D eigenvalue weighted by atomic mass is 10.1. The Hall–Kier alpha value is -1.99. The molecule has 2 aromatic rings. The molecular formula is C19H23FN4OS.